The fraction of sp³-hybridized carbons (Fsp3) is 0.375. The lowest BCUT2D eigenvalue weighted by molar-refractivity contribution is -0.114. The van der Waals surface area contributed by atoms with Crippen molar-refractivity contribution in [3.8, 4) is 0 Å². The third kappa shape index (κ3) is 3.46. The average Bonchev–Trinajstić information content (AvgIpc) is 2.74. The molecule has 1 aromatic heterocycles. The molecule has 0 aliphatic heterocycles. The first-order valence-corrected chi connectivity index (χ1v) is 6.97. The highest BCUT2D eigenvalue weighted by Gasteiger charge is 2.21. The molecule has 6 nitrogen and oxygen atoms in total. The first-order valence-electron chi connectivity index (χ1n) is 6.97. The Morgan fingerprint density at radius 1 is 1.32 bits per heavy atom. The van der Waals surface area contributed by atoms with Crippen LogP contribution in [-0.4, -0.2) is 27.3 Å². The molecule has 2 rings (SSSR count). The quantitative estimate of drug-likeness (QED) is 0.894. The summed E-state index contributed by atoms with van der Waals surface area (Å²) in [5, 5.41) is 12.6. The third-order valence-electron chi connectivity index (χ3n) is 2.95. The standard InChI is InChI=1S/C16H20N2O4/c1-10(20)17-13-8-18(15(21)22-16(2,3)4)14-6-5-11(9-19)7-12(13)14/h5-8,19H,9H2,1-4H3,(H,17,20). The second-order valence-corrected chi connectivity index (χ2v) is 6.08. The molecule has 2 aromatic rings. The highest BCUT2D eigenvalue weighted by Crippen LogP contribution is 2.28. The van der Waals surface area contributed by atoms with Gasteiger partial charge in [-0.1, -0.05) is 6.07 Å². The van der Waals surface area contributed by atoms with E-state index in [1.807, 2.05) is 0 Å². The van der Waals surface area contributed by atoms with E-state index in [0.717, 1.165) is 0 Å². The number of nitrogens with zero attached hydrogens (tertiary/aromatic N) is 1. The zero-order valence-corrected chi connectivity index (χ0v) is 13.1. The van der Waals surface area contributed by atoms with Crippen molar-refractivity contribution in [1.82, 2.24) is 4.57 Å². The number of hydrogen-bond acceptors (Lipinski definition) is 4. The van der Waals surface area contributed by atoms with Gasteiger partial charge < -0.3 is 15.2 Å². The Kier molecular flexibility index (Phi) is 4.23. The number of hydrogen-bond donors (Lipinski definition) is 2. The number of anilines is 1. The molecule has 2 N–H and O–H groups in total. The van der Waals surface area contributed by atoms with E-state index >= 15 is 0 Å². The molecule has 0 spiro atoms. The summed E-state index contributed by atoms with van der Waals surface area (Å²) in [5.41, 5.74) is 1.19. The molecular formula is C16H20N2O4. The van der Waals surface area contributed by atoms with Gasteiger partial charge in [0.25, 0.3) is 0 Å². The van der Waals surface area contributed by atoms with Gasteiger partial charge in [0.1, 0.15) is 5.60 Å². The summed E-state index contributed by atoms with van der Waals surface area (Å²) in [5.74, 6) is -0.238. The van der Waals surface area contributed by atoms with Crippen LogP contribution in [0.15, 0.2) is 24.4 Å². The van der Waals surface area contributed by atoms with E-state index in [1.165, 1.54) is 17.7 Å². The Balaban J connectivity index is 2.55. The molecule has 0 unspecified atom stereocenters. The minimum atomic E-state index is -0.618. The number of benzene rings is 1. The summed E-state index contributed by atoms with van der Waals surface area (Å²) in [6.07, 6.45) is 1.01. The maximum absolute atomic E-state index is 12.3. The van der Waals surface area contributed by atoms with Crippen LogP contribution in [0.4, 0.5) is 10.5 Å². The second-order valence-electron chi connectivity index (χ2n) is 6.08. The van der Waals surface area contributed by atoms with Crippen molar-refractivity contribution in [3.63, 3.8) is 0 Å². The number of aliphatic hydroxyl groups excluding tert-OH is 1. The molecule has 22 heavy (non-hydrogen) atoms. The summed E-state index contributed by atoms with van der Waals surface area (Å²) in [6.45, 7) is 6.64. The monoisotopic (exact) mass is 304 g/mol. The SMILES string of the molecule is CC(=O)Nc1cn(C(=O)OC(C)(C)C)c2ccc(CO)cc12. The lowest BCUT2D eigenvalue weighted by atomic mass is 10.1. The molecule has 1 aromatic carbocycles. The maximum atomic E-state index is 12.3. The number of carbonyl (C=O) groups excluding carboxylic acids is 2. The van der Waals surface area contributed by atoms with Crippen molar-refractivity contribution >= 4 is 28.6 Å². The number of ether oxygens (including phenoxy) is 1. The van der Waals surface area contributed by atoms with E-state index in [-0.39, 0.29) is 12.5 Å². The number of aromatic nitrogens is 1. The molecule has 0 bridgehead atoms. The normalized spacial score (nSPS) is 11.5. The van der Waals surface area contributed by atoms with Crippen molar-refractivity contribution in [2.75, 3.05) is 5.32 Å². The molecule has 0 saturated heterocycles. The molecule has 1 amide bonds. The molecule has 1 heterocycles. The third-order valence-corrected chi connectivity index (χ3v) is 2.95. The van der Waals surface area contributed by atoms with Crippen molar-refractivity contribution in [2.24, 2.45) is 0 Å². The number of rotatable bonds is 2. The van der Waals surface area contributed by atoms with Gasteiger partial charge in [0, 0.05) is 18.5 Å². The van der Waals surface area contributed by atoms with Crippen molar-refractivity contribution in [3.05, 3.63) is 30.0 Å². The topological polar surface area (TPSA) is 80.6 Å². The van der Waals surface area contributed by atoms with Gasteiger partial charge in [-0.25, -0.2) is 4.79 Å². The summed E-state index contributed by atoms with van der Waals surface area (Å²) >= 11 is 0. The van der Waals surface area contributed by atoms with Crippen LogP contribution in [0.1, 0.15) is 33.3 Å². The molecular weight excluding hydrogens is 284 g/mol. The Labute approximate surface area is 128 Å². The van der Waals surface area contributed by atoms with Gasteiger partial charge in [0.2, 0.25) is 5.91 Å². The lowest BCUT2D eigenvalue weighted by Gasteiger charge is -2.19. The summed E-state index contributed by atoms with van der Waals surface area (Å²) < 4.78 is 6.72. The Bertz CT molecular complexity index is 726. The molecule has 0 aliphatic carbocycles. The highest BCUT2D eigenvalue weighted by molar-refractivity contribution is 6.04. The van der Waals surface area contributed by atoms with Crippen molar-refractivity contribution in [1.29, 1.82) is 0 Å². The van der Waals surface area contributed by atoms with Gasteiger partial charge in [-0.05, 0) is 38.5 Å². The van der Waals surface area contributed by atoms with Crippen LogP contribution in [0.25, 0.3) is 10.9 Å². The van der Waals surface area contributed by atoms with Crippen LogP contribution in [0.3, 0.4) is 0 Å². The Hall–Kier alpha value is -2.34. The van der Waals surface area contributed by atoms with Crippen LogP contribution < -0.4 is 5.32 Å². The van der Waals surface area contributed by atoms with Crippen molar-refractivity contribution < 1.29 is 19.4 Å². The number of nitrogens with one attached hydrogen (secondary N) is 1. The molecule has 6 heteroatoms. The van der Waals surface area contributed by atoms with Crippen LogP contribution in [-0.2, 0) is 16.1 Å². The first kappa shape index (κ1) is 16.0. The van der Waals surface area contributed by atoms with E-state index in [0.29, 0.717) is 22.2 Å². The minimum Gasteiger partial charge on any atom is -0.443 e. The predicted octanol–water partition coefficient (Wildman–Crippen LogP) is 2.88. The van der Waals surface area contributed by atoms with Gasteiger partial charge >= 0.3 is 6.09 Å². The molecule has 0 fully saturated rings. The number of carbonyl (C=O) groups is 2. The van der Waals surface area contributed by atoms with E-state index in [2.05, 4.69) is 5.32 Å². The largest absolute Gasteiger partial charge is 0.443 e. The Morgan fingerprint density at radius 2 is 2.00 bits per heavy atom. The summed E-state index contributed by atoms with van der Waals surface area (Å²) in [6, 6.07) is 5.18. The van der Waals surface area contributed by atoms with Gasteiger partial charge in [0.05, 0.1) is 17.8 Å². The van der Waals surface area contributed by atoms with E-state index < -0.39 is 11.7 Å². The minimum absolute atomic E-state index is 0.118. The smallest absolute Gasteiger partial charge is 0.419 e. The van der Waals surface area contributed by atoms with Gasteiger partial charge in [-0.15, -0.1) is 0 Å². The van der Waals surface area contributed by atoms with Gasteiger partial charge in [-0.3, -0.25) is 9.36 Å². The van der Waals surface area contributed by atoms with Crippen molar-refractivity contribution in [2.45, 2.75) is 39.9 Å². The van der Waals surface area contributed by atoms with Gasteiger partial charge in [0.15, 0.2) is 0 Å². The van der Waals surface area contributed by atoms with Crippen LogP contribution in [0.2, 0.25) is 0 Å². The highest BCUT2D eigenvalue weighted by atomic mass is 16.6. The van der Waals surface area contributed by atoms with Gasteiger partial charge in [-0.2, -0.15) is 0 Å². The zero-order chi connectivity index (χ0) is 16.5. The zero-order valence-electron chi connectivity index (χ0n) is 13.1. The fourth-order valence-electron chi connectivity index (χ4n) is 2.13. The maximum Gasteiger partial charge on any atom is 0.419 e. The van der Waals surface area contributed by atoms with Crippen LogP contribution in [0.5, 0.6) is 0 Å². The molecule has 0 saturated carbocycles. The number of fused-ring (bicyclic) bond motifs is 1. The number of amides is 1. The van der Waals surface area contributed by atoms with E-state index in [9.17, 15) is 14.7 Å². The predicted molar refractivity (Wildman–Crippen MR) is 83.8 cm³/mol. The summed E-state index contributed by atoms with van der Waals surface area (Å²) in [4.78, 5) is 23.6. The summed E-state index contributed by atoms with van der Waals surface area (Å²) in [7, 11) is 0. The fourth-order valence-corrected chi connectivity index (χ4v) is 2.13. The second kappa shape index (κ2) is 5.81. The van der Waals surface area contributed by atoms with E-state index in [4.69, 9.17) is 4.74 Å². The number of aliphatic hydroxyl groups is 1. The first-order chi connectivity index (χ1) is 10.2. The molecule has 0 radical (unpaired) electrons. The molecule has 0 atom stereocenters. The van der Waals surface area contributed by atoms with Crippen LogP contribution in [0, 0.1) is 0 Å². The molecule has 0 aliphatic rings. The Morgan fingerprint density at radius 3 is 2.55 bits per heavy atom. The van der Waals surface area contributed by atoms with Crippen LogP contribution >= 0.6 is 0 Å². The lowest BCUT2D eigenvalue weighted by Crippen LogP contribution is -2.26. The average molecular weight is 304 g/mol. The molecule has 118 valence electrons. The van der Waals surface area contributed by atoms with E-state index in [1.54, 1.807) is 39.0 Å².